The molecule has 0 saturated carbocycles. The summed E-state index contributed by atoms with van der Waals surface area (Å²) in [5.41, 5.74) is 1.30. The number of nitrogens with zero attached hydrogens (tertiary/aromatic N) is 1. The third-order valence-corrected chi connectivity index (χ3v) is 3.32. The summed E-state index contributed by atoms with van der Waals surface area (Å²) in [6.07, 6.45) is 1.96. The first-order chi connectivity index (χ1) is 10.2. The molecule has 21 heavy (non-hydrogen) atoms. The van der Waals surface area contributed by atoms with Gasteiger partial charge in [0.25, 0.3) is 0 Å². The van der Waals surface area contributed by atoms with Crippen molar-refractivity contribution in [2.24, 2.45) is 0 Å². The number of piperidine rings is 1. The molecule has 0 unspecified atom stereocenters. The molecule has 0 atom stereocenters. The first kappa shape index (κ1) is 15.2. The summed E-state index contributed by atoms with van der Waals surface area (Å²) in [7, 11) is 1.54. The maximum Gasteiger partial charge on any atom is 0.411 e. The fraction of sp³-hybridized carbons (Fsp3) is 0.467. The minimum absolute atomic E-state index is 0.102. The van der Waals surface area contributed by atoms with Gasteiger partial charge in [0.1, 0.15) is 5.75 Å². The van der Waals surface area contributed by atoms with Crippen molar-refractivity contribution in [2.75, 3.05) is 30.5 Å². The zero-order valence-electron chi connectivity index (χ0n) is 12.3. The number of nitrogens with one attached hydrogen (secondary N) is 1. The highest BCUT2D eigenvalue weighted by Gasteiger charge is 2.22. The van der Waals surface area contributed by atoms with Gasteiger partial charge in [-0.2, -0.15) is 0 Å². The molecule has 2 rings (SSSR count). The van der Waals surface area contributed by atoms with E-state index in [1.54, 1.807) is 37.1 Å². The van der Waals surface area contributed by atoms with Gasteiger partial charge in [-0.15, -0.1) is 0 Å². The molecule has 6 heteroatoms. The van der Waals surface area contributed by atoms with E-state index >= 15 is 0 Å². The molecule has 1 N–H and O–H groups in total. The van der Waals surface area contributed by atoms with Gasteiger partial charge in [0.05, 0.1) is 19.4 Å². The zero-order chi connectivity index (χ0) is 15.2. The van der Waals surface area contributed by atoms with Gasteiger partial charge in [0, 0.05) is 24.7 Å². The van der Waals surface area contributed by atoms with E-state index in [4.69, 9.17) is 9.47 Å². The number of carbonyl (C=O) groups is 2. The van der Waals surface area contributed by atoms with E-state index in [9.17, 15) is 9.59 Å². The largest absolute Gasteiger partial charge is 0.494 e. The molecule has 0 bridgehead atoms. The lowest BCUT2D eigenvalue weighted by atomic mass is 10.1. The van der Waals surface area contributed by atoms with Crippen molar-refractivity contribution >= 4 is 23.4 Å². The molecule has 0 spiro atoms. The molecular weight excluding hydrogens is 272 g/mol. The predicted molar refractivity (Wildman–Crippen MR) is 79.8 cm³/mol. The summed E-state index contributed by atoms with van der Waals surface area (Å²) in [5.74, 6) is 0.658. The average Bonchev–Trinajstić information content (AvgIpc) is 2.48. The van der Waals surface area contributed by atoms with E-state index in [1.165, 1.54) is 0 Å². The minimum Gasteiger partial charge on any atom is -0.494 e. The number of hydrogen-bond acceptors (Lipinski definition) is 4. The molecule has 1 aliphatic rings. The Morgan fingerprint density at radius 3 is 2.86 bits per heavy atom. The number of hydrogen-bond donors (Lipinski definition) is 1. The van der Waals surface area contributed by atoms with E-state index in [0.29, 0.717) is 31.0 Å². The van der Waals surface area contributed by atoms with Gasteiger partial charge in [-0.1, -0.05) is 0 Å². The number of methoxy groups -OCH3 is 1. The van der Waals surface area contributed by atoms with E-state index in [2.05, 4.69) is 5.32 Å². The summed E-state index contributed by atoms with van der Waals surface area (Å²) in [6, 6.07) is 5.20. The number of benzene rings is 1. The predicted octanol–water partition coefficient (Wildman–Crippen LogP) is 2.78. The first-order valence-electron chi connectivity index (χ1n) is 7.08. The maximum atomic E-state index is 12.0. The lowest BCUT2D eigenvalue weighted by molar-refractivity contribution is -0.119. The van der Waals surface area contributed by atoms with Crippen LogP contribution in [-0.2, 0) is 9.53 Å². The van der Waals surface area contributed by atoms with Gasteiger partial charge in [0.2, 0.25) is 5.91 Å². The summed E-state index contributed by atoms with van der Waals surface area (Å²) in [6.45, 7) is 2.74. The number of ether oxygens (including phenoxy) is 2. The second-order valence-electron chi connectivity index (χ2n) is 4.73. The van der Waals surface area contributed by atoms with Crippen molar-refractivity contribution in [1.29, 1.82) is 0 Å². The van der Waals surface area contributed by atoms with Crippen LogP contribution in [0.4, 0.5) is 16.2 Å². The Morgan fingerprint density at radius 2 is 2.19 bits per heavy atom. The number of rotatable bonds is 4. The Labute approximate surface area is 124 Å². The van der Waals surface area contributed by atoms with Crippen LogP contribution in [0.25, 0.3) is 0 Å². The zero-order valence-corrected chi connectivity index (χ0v) is 12.3. The summed E-state index contributed by atoms with van der Waals surface area (Å²) in [5, 5.41) is 2.61. The van der Waals surface area contributed by atoms with Gasteiger partial charge in [-0.3, -0.25) is 10.1 Å². The van der Waals surface area contributed by atoms with Crippen LogP contribution in [0, 0.1) is 0 Å². The maximum absolute atomic E-state index is 12.0. The van der Waals surface area contributed by atoms with E-state index < -0.39 is 6.09 Å². The highest BCUT2D eigenvalue weighted by Crippen LogP contribution is 2.33. The fourth-order valence-corrected chi connectivity index (χ4v) is 2.32. The Balaban J connectivity index is 2.19. The quantitative estimate of drug-likeness (QED) is 0.926. The normalized spacial score (nSPS) is 14.8. The second-order valence-corrected chi connectivity index (χ2v) is 4.73. The van der Waals surface area contributed by atoms with Crippen molar-refractivity contribution in [1.82, 2.24) is 0 Å². The smallest absolute Gasteiger partial charge is 0.411 e. The molecule has 1 aromatic carbocycles. The summed E-state index contributed by atoms with van der Waals surface area (Å²) >= 11 is 0. The van der Waals surface area contributed by atoms with Gasteiger partial charge < -0.3 is 14.4 Å². The van der Waals surface area contributed by atoms with E-state index in [1.807, 2.05) is 0 Å². The second kappa shape index (κ2) is 6.97. The minimum atomic E-state index is -0.513. The Bertz CT molecular complexity index is 530. The molecule has 1 saturated heterocycles. The van der Waals surface area contributed by atoms with Crippen molar-refractivity contribution in [2.45, 2.75) is 26.2 Å². The molecule has 0 aliphatic carbocycles. The third kappa shape index (κ3) is 3.65. The van der Waals surface area contributed by atoms with Crippen molar-refractivity contribution in [3.05, 3.63) is 18.2 Å². The molecule has 1 heterocycles. The van der Waals surface area contributed by atoms with Crippen molar-refractivity contribution in [3.63, 3.8) is 0 Å². The molecule has 114 valence electrons. The van der Waals surface area contributed by atoms with Crippen molar-refractivity contribution < 1.29 is 19.1 Å². The standard InChI is InChI=1S/C15H20N2O4/c1-3-21-15(19)16-11-7-8-12(13(10-11)20-2)17-9-5-4-6-14(17)18/h7-8,10H,3-6,9H2,1-2H3,(H,16,19). The van der Waals surface area contributed by atoms with E-state index in [0.717, 1.165) is 18.5 Å². The van der Waals surface area contributed by atoms with Crippen molar-refractivity contribution in [3.8, 4) is 5.75 Å². The van der Waals surface area contributed by atoms with Crippen LogP contribution >= 0.6 is 0 Å². The van der Waals surface area contributed by atoms with Gasteiger partial charge in [0.15, 0.2) is 0 Å². The summed E-state index contributed by atoms with van der Waals surface area (Å²) in [4.78, 5) is 25.1. The SMILES string of the molecule is CCOC(=O)Nc1ccc(N2CCCCC2=O)c(OC)c1. The lowest BCUT2D eigenvalue weighted by Crippen LogP contribution is -2.35. The van der Waals surface area contributed by atoms with Crippen LogP contribution in [0.3, 0.4) is 0 Å². The molecule has 1 aromatic rings. The summed E-state index contributed by atoms with van der Waals surface area (Å²) < 4.78 is 10.2. The van der Waals surface area contributed by atoms with Gasteiger partial charge >= 0.3 is 6.09 Å². The molecule has 0 radical (unpaired) electrons. The lowest BCUT2D eigenvalue weighted by Gasteiger charge is -2.28. The molecular formula is C15H20N2O4. The highest BCUT2D eigenvalue weighted by atomic mass is 16.5. The monoisotopic (exact) mass is 292 g/mol. The molecule has 2 amide bonds. The Kier molecular flexibility index (Phi) is 5.03. The number of carbonyl (C=O) groups excluding carboxylic acids is 2. The fourth-order valence-electron chi connectivity index (χ4n) is 2.32. The van der Waals surface area contributed by atoms with Crippen LogP contribution in [-0.4, -0.2) is 32.3 Å². The van der Waals surface area contributed by atoms with Crippen LogP contribution < -0.4 is 15.0 Å². The average molecular weight is 292 g/mol. The molecule has 1 aliphatic heterocycles. The van der Waals surface area contributed by atoms with Crippen LogP contribution in [0.15, 0.2) is 18.2 Å². The number of anilines is 2. The first-order valence-corrected chi connectivity index (χ1v) is 7.08. The highest BCUT2D eigenvalue weighted by molar-refractivity contribution is 5.96. The number of amides is 2. The Hall–Kier alpha value is -2.24. The van der Waals surface area contributed by atoms with E-state index in [-0.39, 0.29) is 5.91 Å². The van der Waals surface area contributed by atoms with Gasteiger partial charge in [-0.05, 0) is 31.9 Å². The van der Waals surface area contributed by atoms with Gasteiger partial charge in [-0.25, -0.2) is 4.79 Å². The molecule has 1 fully saturated rings. The van der Waals surface area contributed by atoms with Crippen LogP contribution in [0.1, 0.15) is 26.2 Å². The third-order valence-electron chi connectivity index (χ3n) is 3.32. The Morgan fingerprint density at radius 1 is 1.38 bits per heavy atom. The van der Waals surface area contributed by atoms with Crippen LogP contribution in [0.5, 0.6) is 5.75 Å². The molecule has 6 nitrogen and oxygen atoms in total. The van der Waals surface area contributed by atoms with Crippen LogP contribution in [0.2, 0.25) is 0 Å². The molecule has 0 aromatic heterocycles. The topological polar surface area (TPSA) is 67.9 Å².